The fraction of sp³-hybridized carbons (Fsp3) is 0.593. The van der Waals surface area contributed by atoms with Crippen molar-refractivity contribution >= 4 is 29.6 Å². The molecule has 0 aromatic heterocycles. The predicted octanol–water partition coefficient (Wildman–Crippen LogP) is 5.01. The lowest BCUT2D eigenvalue weighted by atomic mass is 9.33. The van der Waals surface area contributed by atoms with Crippen LogP contribution in [0.3, 0.4) is 0 Å². The minimum atomic E-state index is -1.82. The molecule has 10 N–H and O–H groups in total. The van der Waals surface area contributed by atoms with E-state index < -0.39 is 85.7 Å². The summed E-state index contributed by atoms with van der Waals surface area (Å²) < 4.78 is 0. The number of carbonyl (C=O) groups is 3. The van der Waals surface area contributed by atoms with Crippen molar-refractivity contribution in [3.8, 4) is 11.8 Å². The second-order valence-electron chi connectivity index (χ2n) is 22.4. The molecule has 3 fully saturated rings. The molecule has 10 rings (SSSR count). The van der Waals surface area contributed by atoms with Crippen molar-refractivity contribution in [3.05, 3.63) is 87.6 Å². The molecular weight excluding hydrogens is 835 g/mol. The highest BCUT2D eigenvalue weighted by Gasteiger charge is 2.84. The van der Waals surface area contributed by atoms with E-state index in [0.29, 0.717) is 30.4 Å². The van der Waals surface area contributed by atoms with Gasteiger partial charge in [0.15, 0.2) is 11.7 Å². The quantitative estimate of drug-likeness (QED) is 0.0595. The predicted molar refractivity (Wildman–Crippen MR) is 248 cm³/mol. The number of carboxylic acid groups (broad SMARTS) is 1. The molecule has 14 atom stereocenters. The summed E-state index contributed by atoms with van der Waals surface area (Å²) >= 11 is 0. The lowest BCUT2D eigenvalue weighted by molar-refractivity contribution is -0.171. The fourth-order valence-electron chi connectivity index (χ4n) is 17.1. The van der Waals surface area contributed by atoms with Gasteiger partial charge in [0.25, 0.3) is 0 Å². The van der Waals surface area contributed by atoms with E-state index in [0.717, 1.165) is 17.6 Å². The standard InChI is InChI=1S/C54H65N3O9/c1-30(59)26-35(45(63)64)34-14-20-51(57-46(55)56)22-21-50(36(16-25-58)40(51)42(34)62)29-52(65)23-24-53(66)39(33-13-12-31-10-6-7-11-32(31)27-33)43-47(2)17-8-5-9-18-54(52)44(53)41(37(60)28-49(50,54)4)48(43,3)19-15-38(47)61/h6-7,10-11,21-24,27,30,36,39-40,42-43,58-59,62,65-66H,9,12-20,25-26,28-29H2,1-4H3,(H,63,64)(H4,55,56,57). The summed E-state index contributed by atoms with van der Waals surface area (Å²) in [5.41, 5.74) is 6.37. The molecule has 14 unspecified atom stereocenters. The number of guanidine groups is 1. The van der Waals surface area contributed by atoms with E-state index in [2.05, 4.69) is 37.0 Å². The Kier molecular flexibility index (Phi) is 10.0. The van der Waals surface area contributed by atoms with Gasteiger partial charge in [-0.1, -0.05) is 74.9 Å². The average molecular weight is 900 g/mol. The molecule has 66 heavy (non-hydrogen) atoms. The molecule has 0 aliphatic heterocycles. The Morgan fingerprint density at radius 1 is 0.955 bits per heavy atom. The third-order valence-corrected chi connectivity index (χ3v) is 19.5. The number of nitrogens with zero attached hydrogens (tertiary/aromatic N) is 1. The monoisotopic (exact) mass is 899 g/mol. The van der Waals surface area contributed by atoms with Crippen LogP contribution in [-0.4, -0.2) is 89.7 Å². The van der Waals surface area contributed by atoms with E-state index in [-0.39, 0.29) is 93.1 Å². The number of benzene rings is 1. The Morgan fingerprint density at radius 2 is 1.71 bits per heavy atom. The number of allylic oxidation sites excluding steroid dienone is 2. The minimum absolute atomic E-state index is 0.0401. The van der Waals surface area contributed by atoms with Crippen LogP contribution in [0.1, 0.15) is 116 Å². The van der Waals surface area contributed by atoms with Crippen molar-refractivity contribution in [1.29, 1.82) is 0 Å². The molecule has 0 heterocycles. The second kappa shape index (κ2) is 14.7. The summed E-state index contributed by atoms with van der Waals surface area (Å²) in [6.07, 6.45) is 10.2. The molecule has 1 aromatic rings. The van der Waals surface area contributed by atoms with E-state index in [1.54, 1.807) is 12.2 Å². The van der Waals surface area contributed by atoms with Crippen LogP contribution in [0.5, 0.6) is 0 Å². The molecule has 0 amide bonds. The summed E-state index contributed by atoms with van der Waals surface area (Å²) in [6.45, 7) is 7.30. The molecule has 2 spiro atoms. The third-order valence-electron chi connectivity index (χ3n) is 19.5. The normalized spacial score (nSPS) is 44.9. The maximum absolute atomic E-state index is 16.0. The molecule has 9 aliphatic rings. The first-order chi connectivity index (χ1) is 31.1. The van der Waals surface area contributed by atoms with Gasteiger partial charge in [-0.3, -0.25) is 9.59 Å². The van der Waals surface area contributed by atoms with Gasteiger partial charge in [-0.15, -0.1) is 11.8 Å². The van der Waals surface area contributed by atoms with Gasteiger partial charge < -0.3 is 42.1 Å². The van der Waals surface area contributed by atoms with E-state index >= 15 is 4.79 Å². The maximum Gasteiger partial charge on any atom is 0.331 e. The lowest BCUT2D eigenvalue weighted by Crippen LogP contribution is -2.71. The number of carbonyl (C=O) groups excluding carboxylic acids is 2. The Balaban J connectivity index is 1.28. The van der Waals surface area contributed by atoms with Crippen LogP contribution in [0.25, 0.3) is 6.08 Å². The van der Waals surface area contributed by atoms with Gasteiger partial charge >= 0.3 is 5.97 Å². The summed E-state index contributed by atoms with van der Waals surface area (Å²) in [6, 6.07) is 8.23. The van der Waals surface area contributed by atoms with Gasteiger partial charge in [0.1, 0.15) is 11.4 Å². The first kappa shape index (κ1) is 45.2. The molecule has 0 saturated heterocycles. The number of fused-ring (bicyclic) bond motifs is 4. The molecule has 9 aliphatic carbocycles. The van der Waals surface area contributed by atoms with Crippen LogP contribution in [0, 0.1) is 62.6 Å². The Bertz CT molecular complexity index is 2610. The van der Waals surface area contributed by atoms with Crippen LogP contribution in [0.2, 0.25) is 0 Å². The summed E-state index contributed by atoms with van der Waals surface area (Å²) in [7, 11) is 0. The number of aryl methyl sites for hydroxylation is 1. The average Bonchev–Trinajstić information content (AvgIpc) is 3.41. The van der Waals surface area contributed by atoms with Crippen molar-refractivity contribution < 1.29 is 45.0 Å². The number of rotatable bonds is 7. The van der Waals surface area contributed by atoms with Crippen molar-refractivity contribution in [1.82, 2.24) is 0 Å². The number of nitrogens with two attached hydrogens (primary N) is 2. The maximum atomic E-state index is 16.0. The number of ketones is 2. The fourth-order valence-corrected chi connectivity index (χ4v) is 17.1. The van der Waals surface area contributed by atoms with Crippen molar-refractivity contribution in [2.24, 2.45) is 67.2 Å². The topological polar surface area (TPSA) is 237 Å². The van der Waals surface area contributed by atoms with Crippen molar-refractivity contribution in [2.75, 3.05) is 6.61 Å². The van der Waals surface area contributed by atoms with E-state index in [1.165, 1.54) is 12.5 Å². The Labute approximate surface area is 386 Å². The Hall–Kier alpha value is -4.64. The number of aliphatic hydroxyl groups is 5. The molecular formula is C54H65N3O9. The number of aliphatic carboxylic acids is 1. The molecule has 1 aromatic carbocycles. The third kappa shape index (κ3) is 5.52. The van der Waals surface area contributed by atoms with E-state index in [4.69, 9.17) is 16.5 Å². The number of aliphatic imine (C=N–C) groups is 1. The van der Waals surface area contributed by atoms with Crippen LogP contribution in [0.4, 0.5) is 0 Å². The molecule has 12 nitrogen and oxygen atoms in total. The van der Waals surface area contributed by atoms with Crippen molar-refractivity contribution in [3.63, 3.8) is 0 Å². The van der Waals surface area contributed by atoms with E-state index in [9.17, 15) is 40.2 Å². The highest BCUT2D eigenvalue weighted by Crippen LogP contribution is 2.84. The first-order valence-corrected chi connectivity index (χ1v) is 24.1. The zero-order valence-electron chi connectivity index (χ0n) is 38.6. The highest BCUT2D eigenvalue weighted by molar-refractivity contribution is 6.02. The summed E-state index contributed by atoms with van der Waals surface area (Å²) in [4.78, 5) is 48.4. The number of carboxylic acids is 1. The van der Waals surface area contributed by atoms with Gasteiger partial charge in [-0.2, -0.15) is 0 Å². The summed E-state index contributed by atoms with van der Waals surface area (Å²) in [5, 5.41) is 73.5. The van der Waals surface area contributed by atoms with E-state index in [1.807, 2.05) is 38.1 Å². The largest absolute Gasteiger partial charge is 0.478 e. The second-order valence-corrected chi connectivity index (χ2v) is 22.4. The molecule has 350 valence electrons. The number of hydrogen-bond acceptors (Lipinski definition) is 9. The molecule has 12 heteroatoms. The smallest absolute Gasteiger partial charge is 0.331 e. The van der Waals surface area contributed by atoms with Gasteiger partial charge in [-0.05, 0) is 104 Å². The van der Waals surface area contributed by atoms with Gasteiger partial charge in [0, 0.05) is 83.4 Å². The lowest BCUT2D eigenvalue weighted by Gasteiger charge is -2.70. The zero-order chi connectivity index (χ0) is 47.2. The minimum Gasteiger partial charge on any atom is -0.478 e. The molecule has 3 saturated carbocycles. The summed E-state index contributed by atoms with van der Waals surface area (Å²) in [5.74, 6) is 2.42. The van der Waals surface area contributed by atoms with Crippen molar-refractivity contribution in [2.45, 2.75) is 140 Å². The SMILES string of the molecule is CC(O)CC(C(=O)O)=C1CCC2(N=C(N)N)C=CC3(CC4(O)C=CC5(O)C6=C7C(=O)CC3(C)C64CCC#CCC3(C)C(=O)CCC7(C)C3C5C3=Cc4ccccc4CC3)C(CCO)C2C1O. The molecule has 4 bridgehead atoms. The number of aliphatic hydroxyl groups excluding tert-OH is 3. The van der Waals surface area contributed by atoms with Crippen LogP contribution in [-0.2, 0) is 20.8 Å². The van der Waals surface area contributed by atoms with Gasteiger partial charge in [-0.25, -0.2) is 9.79 Å². The number of Topliss-reactive ketones (excluding diaryl/α,β-unsaturated/α-hetero) is 2. The van der Waals surface area contributed by atoms with Crippen LogP contribution < -0.4 is 11.5 Å². The Morgan fingerprint density at radius 3 is 2.42 bits per heavy atom. The highest BCUT2D eigenvalue weighted by atomic mass is 16.4. The van der Waals surface area contributed by atoms with Gasteiger partial charge in [0.05, 0.1) is 23.3 Å². The molecule has 0 radical (unpaired) electrons. The zero-order valence-corrected chi connectivity index (χ0v) is 38.6. The van der Waals surface area contributed by atoms with Gasteiger partial charge in [0.2, 0.25) is 0 Å². The van der Waals surface area contributed by atoms with Crippen LogP contribution in [0.15, 0.2) is 81.4 Å². The number of hydrogen-bond donors (Lipinski definition) is 8. The first-order valence-electron chi connectivity index (χ1n) is 24.1. The van der Waals surface area contributed by atoms with Crippen LogP contribution >= 0.6 is 0 Å².